The van der Waals surface area contributed by atoms with Crippen molar-refractivity contribution < 1.29 is 25.2 Å². The van der Waals surface area contributed by atoms with E-state index in [2.05, 4.69) is 13.2 Å². The average Bonchev–Trinajstić information content (AvgIpc) is 1.66. The van der Waals surface area contributed by atoms with Crippen LogP contribution in [0.1, 0.15) is 0 Å². The molecule has 1 aliphatic heterocycles. The van der Waals surface area contributed by atoms with Crippen LogP contribution in [0.5, 0.6) is 0 Å². The summed E-state index contributed by atoms with van der Waals surface area (Å²) in [5.74, 6) is 0. The second-order valence-corrected chi connectivity index (χ2v) is 13.7. The molecule has 0 aromatic heterocycles. The summed E-state index contributed by atoms with van der Waals surface area (Å²) in [6.45, 7) is 4.41. The molecule has 0 saturated heterocycles. The van der Waals surface area contributed by atoms with Gasteiger partial charge in [-0.3, -0.25) is 0 Å². The molecule has 0 fully saturated rings. The molecule has 16 heavy (non-hydrogen) atoms. The van der Waals surface area contributed by atoms with Crippen molar-refractivity contribution in [1.82, 2.24) is 0 Å². The predicted molar refractivity (Wildman–Crippen MR) is 58.0 cm³/mol. The molecule has 1 atom stereocenters. The molecule has 0 radical (unpaired) electrons. The van der Waals surface area contributed by atoms with Gasteiger partial charge in [-0.1, -0.05) is 0 Å². The van der Waals surface area contributed by atoms with Crippen LogP contribution >= 0.6 is 23.4 Å². The lowest BCUT2D eigenvalue weighted by atomic mass is 11.8. The van der Waals surface area contributed by atoms with Crippen LogP contribution < -0.4 is 0 Å². The van der Waals surface area contributed by atoms with E-state index in [-0.39, 0.29) is 0 Å². The molecule has 0 N–H and O–H groups in total. The molecule has 0 aromatic carbocycles. The summed E-state index contributed by atoms with van der Waals surface area (Å²) < 4.78 is 76.0. The van der Waals surface area contributed by atoms with E-state index in [1.165, 1.54) is 19.6 Å². The first-order valence-corrected chi connectivity index (χ1v) is 11.8. The molecular weight excluding hydrogens is 310 g/mol. The molecule has 13 heteroatoms. The van der Waals surface area contributed by atoms with Gasteiger partial charge in [0.1, 0.15) is 0 Å². The summed E-state index contributed by atoms with van der Waals surface area (Å²) in [6, 6.07) is 0. The minimum Gasteiger partial charge on any atom is -0.346 e. The Balaban J connectivity index is 3.32. The second-order valence-electron chi connectivity index (χ2n) is 3.86. The average molecular weight is 319 g/mol. The van der Waals surface area contributed by atoms with Crippen molar-refractivity contribution >= 4 is 31.7 Å². The van der Waals surface area contributed by atoms with Crippen LogP contribution in [0.25, 0.3) is 0 Å². The number of nitrogens with zero attached hydrogens (tertiary/aromatic N) is 3. The maximum Gasteiger partial charge on any atom is 0.425 e. The first-order valence-electron chi connectivity index (χ1n) is 3.93. The largest absolute Gasteiger partial charge is 0.425 e. The van der Waals surface area contributed by atoms with Gasteiger partial charge < -0.3 is 4.21 Å². The third-order valence-corrected chi connectivity index (χ3v) is 9.37. The SMILES string of the molecule is C[Si](C)(C)OP1(F)=NP(F)(F)=NP(F)(F)=N1. The normalized spacial score (nSPS) is 32.2. The van der Waals surface area contributed by atoms with Gasteiger partial charge in [0.25, 0.3) is 0 Å². The zero-order chi connectivity index (χ0) is 12.8. The molecule has 0 amide bonds. The summed E-state index contributed by atoms with van der Waals surface area (Å²) in [5.41, 5.74) is 0. The zero-order valence-corrected chi connectivity index (χ0v) is 12.2. The van der Waals surface area contributed by atoms with Gasteiger partial charge in [-0.15, -0.1) is 30.3 Å². The Morgan fingerprint density at radius 3 is 1.62 bits per heavy atom. The molecule has 1 aliphatic rings. The van der Waals surface area contributed by atoms with E-state index in [9.17, 15) is 21.0 Å². The lowest BCUT2D eigenvalue weighted by Crippen LogP contribution is -2.22. The molecule has 0 aliphatic carbocycles. The first kappa shape index (κ1) is 14.6. The van der Waals surface area contributed by atoms with Gasteiger partial charge in [0.15, 0.2) is 8.32 Å². The topological polar surface area (TPSA) is 46.3 Å². The molecule has 4 nitrogen and oxygen atoms in total. The minimum absolute atomic E-state index is 1.47. The van der Waals surface area contributed by atoms with E-state index < -0.39 is 31.7 Å². The van der Waals surface area contributed by atoms with Crippen LogP contribution in [0.2, 0.25) is 19.6 Å². The van der Waals surface area contributed by atoms with E-state index in [0.29, 0.717) is 0 Å². The van der Waals surface area contributed by atoms with Crippen molar-refractivity contribution in [2.45, 2.75) is 19.6 Å². The van der Waals surface area contributed by atoms with Crippen molar-refractivity contribution in [3.8, 4) is 0 Å². The highest BCUT2D eigenvalue weighted by molar-refractivity contribution is 7.78. The first-order chi connectivity index (χ1) is 6.83. The second kappa shape index (κ2) is 4.02. The highest BCUT2D eigenvalue weighted by Gasteiger charge is 2.42. The Kier molecular flexibility index (Phi) is 3.66. The fourth-order valence-electron chi connectivity index (χ4n) is 0.834. The van der Waals surface area contributed by atoms with Gasteiger partial charge in [-0.25, -0.2) is 0 Å². The van der Waals surface area contributed by atoms with Crippen LogP contribution in [0, 0.1) is 0 Å². The Morgan fingerprint density at radius 1 is 0.812 bits per heavy atom. The maximum atomic E-state index is 13.7. The quantitative estimate of drug-likeness (QED) is 0.324. The highest BCUT2D eigenvalue weighted by atomic mass is 31.3. The third-order valence-electron chi connectivity index (χ3n) is 1.04. The number of halogens is 5. The standard InChI is InChI=1S/C3H9F5N3OP3Si/c1-16(2,3)12-15(8)10-13(4,5)9-14(6,7)11-15/h1-3H3. The van der Waals surface area contributed by atoms with Crippen LogP contribution in [-0.2, 0) is 4.21 Å². The Morgan fingerprint density at radius 2 is 1.25 bits per heavy atom. The fourth-order valence-corrected chi connectivity index (χ4v) is 9.13. The van der Waals surface area contributed by atoms with E-state index in [0.717, 1.165) is 0 Å². The lowest BCUT2D eigenvalue weighted by molar-refractivity contribution is 0.549. The summed E-state index contributed by atoms with van der Waals surface area (Å²) in [6.07, 6.45) is 0. The van der Waals surface area contributed by atoms with E-state index in [1.54, 1.807) is 0 Å². The Bertz CT molecular complexity index is 452. The molecule has 0 bridgehead atoms. The minimum atomic E-state index is -5.64. The van der Waals surface area contributed by atoms with Crippen molar-refractivity contribution in [3.05, 3.63) is 0 Å². The molecule has 1 unspecified atom stereocenters. The number of hydrogen-bond donors (Lipinski definition) is 0. The van der Waals surface area contributed by atoms with Gasteiger partial charge in [-0.05, 0) is 19.6 Å². The van der Waals surface area contributed by atoms with Crippen LogP contribution in [0.3, 0.4) is 0 Å². The van der Waals surface area contributed by atoms with Crippen LogP contribution in [0.15, 0.2) is 13.5 Å². The van der Waals surface area contributed by atoms with Crippen LogP contribution in [0.4, 0.5) is 21.0 Å². The molecule has 0 saturated carbocycles. The van der Waals surface area contributed by atoms with E-state index in [4.69, 9.17) is 0 Å². The molecule has 96 valence electrons. The highest BCUT2D eigenvalue weighted by Crippen LogP contribution is 2.82. The fraction of sp³-hybridized carbons (Fsp3) is 1.00. The monoisotopic (exact) mass is 319 g/mol. The molecule has 0 aromatic rings. The van der Waals surface area contributed by atoms with Gasteiger partial charge in [-0.2, -0.15) is 4.20 Å². The molecule has 0 spiro atoms. The van der Waals surface area contributed by atoms with Crippen molar-refractivity contribution in [2.24, 2.45) is 13.5 Å². The van der Waals surface area contributed by atoms with Crippen molar-refractivity contribution in [2.75, 3.05) is 0 Å². The van der Waals surface area contributed by atoms with Gasteiger partial charge in [0.2, 0.25) is 0 Å². The summed E-state index contributed by atoms with van der Waals surface area (Å²) in [7, 11) is -18.8. The third kappa shape index (κ3) is 4.41. The predicted octanol–water partition coefficient (Wildman–Crippen LogP) is 6.54. The Labute approximate surface area is 90.7 Å². The Hall–Kier alpha value is 0.517. The maximum absolute atomic E-state index is 13.7. The van der Waals surface area contributed by atoms with Gasteiger partial charge in [0, 0.05) is 0 Å². The van der Waals surface area contributed by atoms with E-state index in [1.807, 2.05) is 4.52 Å². The number of hydrogen-bond acceptors (Lipinski definition) is 4. The molecule has 1 heterocycles. The molecular formula is C3H9F5N3OP3Si. The summed E-state index contributed by atoms with van der Waals surface area (Å²) in [5, 5.41) is 0. The molecule has 1 rings (SSSR count). The van der Waals surface area contributed by atoms with Crippen molar-refractivity contribution in [1.29, 1.82) is 0 Å². The zero-order valence-electron chi connectivity index (χ0n) is 8.48. The van der Waals surface area contributed by atoms with E-state index >= 15 is 0 Å². The van der Waals surface area contributed by atoms with Crippen LogP contribution in [-0.4, -0.2) is 8.32 Å². The smallest absolute Gasteiger partial charge is 0.346 e. The van der Waals surface area contributed by atoms with Crippen molar-refractivity contribution in [3.63, 3.8) is 0 Å². The number of rotatable bonds is 2. The van der Waals surface area contributed by atoms with Gasteiger partial charge >= 0.3 is 23.4 Å². The summed E-state index contributed by atoms with van der Waals surface area (Å²) >= 11 is 0. The summed E-state index contributed by atoms with van der Waals surface area (Å²) in [4.78, 5) is 0. The van der Waals surface area contributed by atoms with Gasteiger partial charge in [0.05, 0.1) is 0 Å². The lowest BCUT2D eigenvalue weighted by Gasteiger charge is -2.23.